The predicted octanol–water partition coefficient (Wildman–Crippen LogP) is 8.45. The molecule has 0 aliphatic heterocycles. The van der Waals surface area contributed by atoms with Crippen molar-refractivity contribution < 1.29 is 0 Å². The Labute approximate surface area is 180 Å². The summed E-state index contributed by atoms with van der Waals surface area (Å²) in [4.78, 5) is 0. The second kappa shape index (κ2) is 6.20. The van der Waals surface area contributed by atoms with Gasteiger partial charge in [0, 0.05) is 36.6 Å². The molecule has 6 rings (SSSR count). The highest BCUT2D eigenvalue weighted by atomic mass is 32.1. The molecule has 0 unspecified atom stereocenters. The fraction of sp³-hybridized carbons (Fsp3) is 0.143. The van der Waals surface area contributed by atoms with E-state index in [-0.39, 0.29) is 5.41 Å². The number of fused-ring (bicyclic) bond motifs is 6. The molecule has 2 heterocycles. The highest BCUT2D eigenvalue weighted by Gasteiger charge is 2.20. The molecule has 0 saturated carbocycles. The van der Waals surface area contributed by atoms with E-state index in [4.69, 9.17) is 0 Å². The van der Waals surface area contributed by atoms with Crippen LogP contribution in [-0.2, 0) is 5.41 Å². The Kier molecular flexibility index (Phi) is 3.66. The van der Waals surface area contributed by atoms with Crippen LogP contribution >= 0.6 is 11.3 Å². The molecule has 0 spiro atoms. The van der Waals surface area contributed by atoms with Gasteiger partial charge in [0.25, 0.3) is 0 Å². The maximum Gasteiger partial charge on any atom is 0.0555 e. The molecule has 0 fully saturated rings. The first kappa shape index (κ1) is 17.7. The number of para-hydroxylation sites is 2. The zero-order valence-electron chi connectivity index (χ0n) is 17.4. The van der Waals surface area contributed by atoms with Crippen molar-refractivity contribution in [3.63, 3.8) is 0 Å². The Balaban J connectivity index is 1.79. The number of nitrogens with zero attached hydrogens (tertiary/aromatic N) is 1. The van der Waals surface area contributed by atoms with Gasteiger partial charge in [-0.15, -0.1) is 11.3 Å². The molecule has 6 aromatic rings. The molecule has 146 valence electrons. The van der Waals surface area contributed by atoms with Crippen molar-refractivity contribution in [3.8, 4) is 5.69 Å². The van der Waals surface area contributed by atoms with Gasteiger partial charge < -0.3 is 4.57 Å². The highest BCUT2D eigenvalue weighted by Crippen LogP contribution is 2.43. The molecule has 4 aromatic carbocycles. The Hall–Kier alpha value is -3.10. The summed E-state index contributed by atoms with van der Waals surface area (Å²) in [6.07, 6.45) is 0. The van der Waals surface area contributed by atoms with Crippen molar-refractivity contribution in [1.82, 2.24) is 4.57 Å². The highest BCUT2D eigenvalue weighted by molar-refractivity contribution is 7.26. The summed E-state index contributed by atoms with van der Waals surface area (Å²) in [6, 6.07) is 31.0. The van der Waals surface area contributed by atoms with Crippen molar-refractivity contribution in [2.45, 2.75) is 26.2 Å². The van der Waals surface area contributed by atoms with Crippen LogP contribution in [0.2, 0.25) is 0 Å². The summed E-state index contributed by atoms with van der Waals surface area (Å²) in [6.45, 7) is 6.92. The van der Waals surface area contributed by atoms with Crippen molar-refractivity contribution in [2.24, 2.45) is 0 Å². The van der Waals surface area contributed by atoms with Crippen LogP contribution in [0.3, 0.4) is 0 Å². The topological polar surface area (TPSA) is 4.93 Å². The van der Waals surface area contributed by atoms with E-state index < -0.39 is 0 Å². The SMILES string of the molecule is CC(C)(C)c1cccc2c1sc1cc3c(cc12)c1ccccc1n3-c1ccccc1. The summed E-state index contributed by atoms with van der Waals surface area (Å²) in [5, 5.41) is 5.37. The number of hydrogen-bond acceptors (Lipinski definition) is 1. The van der Waals surface area contributed by atoms with Crippen molar-refractivity contribution in [3.05, 3.63) is 90.5 Å². The molecule has 0 atom stereocenters. The van der Waals surface area contributed by atoms with E-state index in [1.54, 1.807) is 0 Å². The molecule has 0 bridgehead atoms. The number of benzene rings is 4. The molecular formula is C28H23NS. The van der Waals surface area contributed by atoms with Gasteiger partial charge in [-0.2, -0.15) is 0 Å². The summed E-state index contributed by atoms with van der Waals surface area (Å²) >= 11 is 1.93. The van der Waals surface area contributed by atoms with Gasteiger partial charge in [-0.3, -0.25) is 0 Å². The minimum absolute atomic E-state index is 0.131. The van der Waals surface area contributed by atoms with Gasteiger partial charge in [-0.25, -0.2) is 0 Å². The van der Waals surface area contributed by atoms with Gasteiger partial charge in [-0.05, 0) is 41.3 Å². The van der Waals surface area contributed by atoms with Crippen LogP contribution in [-0.4, -0.2) is 4.57 Å². The van der Waals surface area contributed by atoms with E-state index >= 15 is 0 Å². The van der Waals surface area contributed by atoms with Gasteiger partial charge in [0.15, 0.2) is 0 Å². The van der Waals surface area contributed by atoms with E-state index in [0.29, 0.717) is 0 Å². The summed E-state index contributed by atoms with van der Waals surface area (Å²) in [7, 11) is 0. The van der Waals surface area contributed by atoms with Gasteiger partial charge in [0.2, 0.25) is 0 Å². The van der Waals surface area contributed by atoms with E-state index in [1.807, 2.05) is 11.3 Å². The average molecular weight is 406 g/mol. The molecular weight excluding hydrogens is 382 g/mol. The fourth-order valence-corrected chi connectivity index (χ4v) is 6.15. The first-order valence-electron chi connectivity index (χ1n) is 10.5. The van der Waals surface area contributed by atoms with Crippen LogP contribution in [0.1, 0.15) is 26.3 Å². The first-order chi connectivity index (χ1) is 14.5. The number of rotatable bonds is 1. The summed E-state index contributed by atoms with van der Waals surface area (Å²) < 4.78 is 5.18. The van der Waals surface area contributed by atoms with Gasteiger partial charge in [0.1, 0.15) is 0 Å². The molecule has 2 heteroatoms. The predicted molar refractivity (Wildman–Crippen MR) is 132 cm³/mol. The van der Waals surface area contributed by atoms with E-state index in [2.05, 4.69) is 110 Å². The van der Waals surface area contributed by atoms with Crippen LogP contribution < -0.4 is 0 Å². The van der Waals surface area contributed by atoms with Gasteiger partial charge >= 0.3 is 0 Å². The average Bonchev–Trinajstić information content (AvgIpc) is 3.27. The standard InChI is InChI=1S/C28H23NS/c1-28(2,3)23-14-9-13-20-22-16-21-19-12-7-8-15-24(19)29(18-10-5-4-6-11-18)25(21)17-26(22)30-27(20)23/h4-17H,1-3H3. The molecule has 0 saturated heterocycles. The van der Waals surface area contributed by atoms with Crippen molar-refractivity contribution >= 4 is 53.3 Å². The van der Waals surface area contributed by atoms with Crippen LogP contribution in [0.5, 0.6) is 0 Å². The molecule has 30 heavy (non-hydrogen) atoms. The molecule has 0 N–H and O–H groups in total. The Morgan fingerprint density at radius 1 is 0.633 bits per heavy atom. The summed E-state index contributed by atoms with van der Waals surface area (Å²) in [5.41, 5.74) is 5.31. The third-order valence-electron chi connectivity index (χ3n) is 6.11. The third-order valence-corrected chi connectivity index (χ3v) is 7.32. The quantitative estimate of drug-likeness (QED) is 0.258. The number of thiophene rings is 1. The maximum absolute atomic E-state index is 2.41. The Morgan fingerprint density at radius 2 is 1.37 bits per heavy atom. The zero-order chi connectivity index (χ0) is 20.5. The number of hydrogen-bond donors (Lipinski definition) is 0. The minimum atomic E-state index is 0.131. The lowest BCUT2D eigenvalue weighted by Crippen LogP contribution is -2.10. The molecule has 0 amide bonds. The molecule has 2 aromatic heterocycles. The van der Waals surface area contributed by atoms with E-state index in [0.717, 1.165) is 0 Å². The second-order valence-corrected chi connectivity index (χ2v) is 10.1. The maximum atomic E-state index is 2.41. The first-order valence-corrected chi connectivity index (χ1v) is 11.3. The lowest BCUT2D eigenvalue weighted by molar-refractivity contribution is 0.597. The number of aromatic nitrogens is 1. The fourth-order valence-electron chi connectivity index (χ4n) is 4.71. The van der Waals surface area contributed by atoms with Crippen molar-refractivity contribution in [2.75, 3.05) is 0 Å². The smallest absolute Gasteiger partial charge is 0.0555 e. The monoisotopic (exact) mass is 405 g/mol. The Bertz CT molecular complexity index is 1560. The second-order valence-electron chi connectivity index (χ2n) is 9.09. The zero-order valence-corrected chi connectivity index (χ0v) is 18.3. The molecule has 0 radical (unpaired) electrons. The van der Waals surface area contributed by atoms with Crippen LogP contribution in [0, 0.1) is 0 Å². The molecule has 1 nitrogen and oxygen atoms in total. The molecule has 0 aliphatic carbocycles. The lowest BCUT2D eigenvalue weighted by atomic mass is 9.86. The minimum Gasteiger partial charge on any atom is -0.309 e. The van der Waals surface area contributed by atoms with Gasteiger partial charge in [0.05, 0.1) is 11.0 Å². The summed E-state index contributed by atoms with van der Waals surface area (Å²) in [5.74, 6) is 0. The van der Waals surface area contributed by atoms with E-state index in [9.17, 15) is 0 Å². The van der Waals surface area contributed by atoms with Crippen LogP contribution in [0.25, 0.3) is 47.7 Å². The van der Waals surface area contributed by atoms with Crippen LogP contribution in [0.4, 0.5) is 0 Å². The normalized spacial score (nSPS) is 12.5. The Morgan fingerprint density at radius 3 is 2.17 bits per heavy atom. The lowest BCUT2D eigenvalue weighted by Gasteiger charge is -2.19. The van der Waals surface area contributed by atoms with E-state index in [1.165, 1.54) is 53.2 Å². The van der Waals surface area contributed by atoms with Gasteiger partial charge in [-0.1, -0.05) is 75.4 Å². The van der Waals surface area contributed by atoms with Crippen molar-refractivity contribution in [1.29, 1.82) is 0 Å². The third kappa shape index (κ3) is 2.47. The molecule has 0 aliphatic rings. The largest absolute Gasteiger partial charge is 0.309 e. The van der Waals surface area contributed by atoms with Crippen LogP contribution in [0.15, 0.2) is 84.9 Å².